The second-order valence-electron chi connectivity index (χ2n) is 4.62. The summed E-state index contributed by atoms with van der Waals surface area (Å²) in [6, 6.07) is 5.47. The Labute approximate surface area is 132 Å². The molecule has 0 unspecified atom stereocenters. The van der Waals surface area contributed by atoms with Gasteiger partial charge in [-0.2, -0.15) is 0 Å². The molecule has 0 saturated carbocycles. The number of anilines is 1. The molecular weight excluding hydrogens is 336 g/mol. The summed E-state index contributed by atoms with van der Waals surface area (Å²) in [6.45, 7) is 2.97. The number of amides is 1. The van der Waals surface area contributed by atoms with E-state index in [1.165, 1.54) is 6.08 Å². The van der Waals surface area contributed by atoms with Crippen LogP contribution in [0.4, 0.5) is 5.69 Å². The molecule has 0 atom stereocenters. The van der Waals surface area contributed by atoms with E-state index in [1.54, 1.807) is 6.07 Å². The Morgan fingerprint density at radius 1 is 1.43 bits per heavy atom. The topological polar surface area (TPSA) is 83.6 Å². The van der Waals surface area contributed by atoms with Crippen LogP contribution in [0, 0.1) is 0 Å². The molecule has 1 rings (SSSR count). The van der Waals surface area contributed by atoms with Crippen molar-refractivity contribution in [1.82, 2.24) is 0 Å². The summed E-state index contributed by atoms with van der Waals surface area (Å²) < 4.78 is 0.799. The van der Waals surface area contributed by atoms with E-state index in [1.807, 2.05) is 17.0 Å². The lowest BCUT2D eigenvalue weighted by molar-refractivity contribution is -0.131. The van der Waals surface area contributed by atoms with E-state index < -0.39 is 5.97 Å². The maximum Gasteiger partial charge on any atom is 0.328 e. The number of carboxylic acid groups (broad SMARTS) is 1. The smallest absolute Gasteiger partial charge is 0.328 e. The van der Waals surface area contributed by atoms with Gasteiger partial charge in [-0.25, -0.2) is 4.79 Å². The summed E-state index contributed by atoms with van der Waals surface area (Å²) >= 11 is 3.46. The highest BCUT2D eigenvalue weighted by atomic mass is 79.9. The van der Waals surface area contributed by atoms with Crippen LogP contribution in [0.2, 0.25) is 0 Å². The first kappa shape index (κ1) is 17.2. The van der Waals surface area contributed by atoms with E-state index in [0.29, 0.717) is 0 Å². The van der Waals surface area contributed by atoms with Gasteiger partial charge in [0.25, 0.3) is 0 Å². The molecule has 0 fully saturated rings. The zero-order chi connectivity index (χ0) is 15.8. The maximum atomic E-state index is 11.2. The molecule has 0 aromatic heterocycles. The van der Waals surface area contributed by atoms with Crippen LogP contribution in [0.3, 0.4) is 0 Å². The zero-order valence-corrected chi connectivity index (χ0v) is 13.5. The third-order valence-electron chi connectivity index (χ3n) is 2.86. The number of carbonyl (C=O) groups is 2. The molecule has 0 radical (unpaired) electrons. The molecule has 6 heteroatoms. The monoisotopic (exact) mass is 354 g/mol. The first-order valence-electron chi connectivity index (χ1n) is 6.67. The second kappa shape index (κ2) is 8.46. The predicted molar refractivity (Wildman–Crippen MR) is 87.1 cm³/mol. The first-order valence-corrected chi connectivity index (χ1v) is 7.47. The molecule has 3 N–H and O–H groups in total. The van der Waals surface area contributed by atoms with Gasteiger partial charge in [0.1, 0.15) is 0 Å². The van der Waals surface area contributed by atoms with Crippen molar-refractivity contribution in [2.45, 2.75) is 19.8 Å². The molecule has 1 aromatic carbocycles. The number of hydrogen-bond acceptors (Lipinski definition) is 3. The molecule has 21 heavy (non-hydrogen) atoms. The normalized spacial score (nSPS) is 10.8. The second-order valence-corrected chi connectivity index (χ2v) is 5.48. The van der Waals surface area contributed by atoms with Gasteiger partial charge in [0.15, 0.2) is 0 Å². The molecule has 0 aliphatic heterocycles. The van der Waals surface area contributed by atoms with Crippen LogP contribution in [-0.2, 0) is 9.59 Å². The Morgan fingerprint density at radius 3 is 2.67 bits per heavy atom. The van der Waals surface area contributed by atoms with Crippen molar-refractivity contribution in [2.75, 3.05) is 18.0 Å². The third kappa shape index (κ3) is 5.99. The van der Waals surface area contributed by atoms with Crippen LogP contribution in [0.25, 0.3) is 6.08 Å². The number of unbranched alkanes of at least 4 members (excludes halogenated alkanes) is 1. The molecule has 1 amide bonds. The van der Waals surface area contributed by atoms with Crippen molar-refractivity contribution in [3.05, 3.63) is 34.3 Å². The van der Waals surface area contributed by atoms with Crippen molar-refractivity contribution in [1.29, 1.82) is 0 Å². The van der Waals surface area contributed by atoms with Gasteiger partial charge in [0, 0.05) is 17.1 Å². The van der Waals surface area contributed by atoms with Crippen LogP contribution < -0.4 is 10.6 Å². The van der Waals surface area contributed by atoms with Gasteiger partial charge in [0.2, 0.25) is 5.91 Å². The van der Waals surface area contributed by atoms with E-state index in [2.05, 4.69) is 22.9 Å². The Kier molecular flexibility index (Phi) is 6.94. The average molecular weight is 355 g/mol. The molecule has 1 aromatic rings. The molecule has 0 bridgehead atoms. The Balaban J connectivity index is 2.98. The summed E-state index contributed by atoms with van der Waals surface area (Å²) in [7, 11) is 0. The van der Waals surface area contributed by atoms with Gasteiger partial charge in [-0.15, -0.1) is 0 Å². The van der Waals surface area contributed by atoms with E-state index in [4.69, 9.17) is 10.8 Å². The zero-order valence-electron chi connectivity index (χ0n) is 11.9. The van der Waals surface area contributed by atoms with E-state index >= 15 is 0 Å². The van der Waals surface area contributed by atoms with Crippen molar-refractivity contribution >= 4 is 39.6 Å². The van der Waals surface area contributed by atoms with E-state index in [9.17, 15) is 9.59 Å². The van der Waals surface area contributed by atoms with Gasteiger partial charge in [-0.3, -0.25) is 4.79 Å². The minimum atomic E-state index is -0.992. The molecule has 114 valence electrons. The number of nitrogens with two attached hydrogens (primary N) is 1. The van der Waals surface area contributed by atoms with Crippen molar-refractivity contribution in [3.63, 3.8) is 0 Å². The lowest BCUT2D eigenvalue weighted by Crippen LogP contribution is -2.34. The summed E-state index contributed by atoms with van der Waals surface area (Å²) in [4.78, 5) is 23.6. The van der Waals surface area contributed by atoms with Crippen LogP contribution in [0.5, 0.6) is 0 Å². The Hall–Kier alpha value is -1.82. The fourth-order valence-electron chi connectivity index (χ4n) is 1.87. The number of nitrogens with zero attached hydrogens (tertiary/aromatic N) is 1. The van der Waals surface area contributed by atoms with Crippen LogP contribution in [0.15, 0.2) is 28.7 Å². The molecule has 0 spiro atoms. The Bertz CT molecular complexity index is 544. The largest absolute Gasteiger partial charge is 0.478 e. The van der Waals surface area contributed by atoms with Crippen molar-refractivity contribution in [2.24, 2.45) is 5.73 Å². The standard InChI is InChI=1S/C15H19BrN2O3/c1-2-3-8-18(10-14(17)19)13-6-4-11(9-12(13)16)5-7-15(20)21/h4-7,9H,2-3,8,10H2,1H3,(H2,17,19)(H,20,21)/b7-5+. The molecule has 0 saturated heterocycles. The van der Waals surface area contributed by atoms with E-state index in [0.717, 1.165) is 41.2 Å². The number of hydrogen-bond donors (Lipinski definition) is 2. The number of benzene rings is 1. The lowest BCUT2D eigenvalue weighted by atomic mass is 10.1. The lowest BCUT2D eigenvalue weighted by Gasteiger charge is -2.24. The van der Waals surface area contributed by atoms with Gasteiger partial charge in [0.05, 0.1) is 12.2 Å². The summed E-state index contributed by atoms with van der Waals surface area (Å²) in [6.07, 6.45) is 4.58. The average Bonchev–Trinajstić information content (AvgIpc) is 2.41. The number of primary amides is 1. The predicted octanol–water partition coefficient (Wildman–Crippen LogP) is 2.64. The minimum absolute atomic E-state index is 0.156. The summed E-state index contributed by atoms with van der Waals surface area (Å²) in [5.74, 6) is -1.37. The fourth-order valence-corrected chi connectivity index (χ4v) is 2.52. The number of aliphatic carboxylic acids is 1. The summed E-state index contributed by atoms with van der Waals surface area (Å²) in [5, 5.41) is 8.63. The molecule has 0 aliphatic carbocycles. The molecule has 5 nitrogen and oxygen atoms in total. The van der Waals surface area contributed by atoms with Crippen molar-refractivity contribution in [3.8, 4) is 0 Å². The first-order chi connectivity index (χ1) is 9.93. The Morgan fingerprint density at radius 2 is 2.14 bits per heavy atom. The maximum absolute atomic E-state index is 11.2. The number of rotatable bonds is 8. The van der Waals surface area contributed by atoms with Gasteiger partial charge >= 0.3 is 5.97 Å². The van der Waals surface area contributed by atoms with Crippen LogP contribution >= 0.6 is 15.9 Å². The molecule has 0 aliphatic rings. The third-order valence-corrected chi connectivity index (χ3v) is 3.49. The van der Waals surface area contributed by atoms with Gasteiger partial charge in [-0.05, 0) is 46.1 Å². The number of carbonyl (C=O) groups excluding carboxylic acids is 1. The molecular formula is C15H19BrN2O3. The summed E-state index contributed by atoms with van der Waals surface area (Å²) in [5.41, 5.74) is 6.93. The number of halogens is 1. The van der Waals surface area contributed by atoms with Crippen LogP contribution in [0.1, 0.15) is 25.3 Å². The van der Waals surface area contributed by atoms with Crippen LogP contribution in [-0.4, -0.2) is 30.1 Å². The quantitative estimate of drug-likeness (QED) is 0.703. The SMILES string of the molecule is CCCCN(CC(N)=O)c1ccc(/C=C/C(=O)O)cc1Br. The van der Waals surface area contributed by atoms with E-state index in [-0.39, 0.29) is 12.5 Å². The molecule has 0 heterocycles. The minimum Gasteiger partial charge on any atom is -0.478 e. The van der Waals surface area contributed by atoms with Gasteiger partial charge in [-0.1, -0.05) is 19.4 Å². The van der Waals surface area contributed by atoms with Gasteiger partial charge < -0.3 is 15.7 Å². The van der Waals surface area contributed by atoms with Crippen molar-refractivity contribution < 1.29 is 14.7 Å². The highest BCUT2D eigenvalue weighted by molar-refractivity contribution is 9.10. The highest BCUT2D eigenvalue weighted by Gasteiger charge is 2.12. The fraction of sp³-hybridized carbons (Fsp3) is 0.333. The highest BCUT2D eigenvalue weighted by Crippen LogP contribution is 2.28. The number of carboxylic acids is 1.